The van der Waals surface area contributed by atoms with E-state index in [0.717, 1.165) is 6.61 Å². The molecule has 2 nitrogen and oxygen atoms in total. The molecule has 2 rings (SSSR count). The highest BCUT2D eigenvalue weighted by molar-refractivity contribution is 5.30. The fraction of sp³-hybridized carbons (Fsp3) is 0.600. The molecule has 0 spiro atoms. The quantitative estimate of drug-likeness (QED) is 0.633. The van der Waals surface area contributed by atoms with E-state index < -0.39 is 0 Å². The first-order valence-corrected chi connectivity index (χ1v) is 6.72. The Labute approximate surface area is 104 Å². The van der Waals surface area contributed by atoms with Crippen LogP contribution < -0.4 is 5.48 Å². The van der Waals surface area contributed by atoms with Crippen molar-refractivity contribution < 1.29 is 4.84 Å². The van der Waals surface area contributed by atoms with Crippen LogP contribution in [0.1, 0.15) is 50.3 Å². The van der Waals surface area contributed by atoms with Crippen LogP contribution in [0.5, 0.6) is 0 Å². The van der Waals surface area contributed by atoms with Crippen LogP contribution in [0.2, 0.25) is 0 Å². The van der Waals surface area contributed by atoms with Crippen molar-refractivity contribution in [1.29, 1.82) is 0 Å². The zero-order chi connectivity index (χ0) is 12.1. The Morgan fingerprint density at radius 1 is 1.29 bits per heavy atom. The van der Waals surface area contributed by atoms with E-state index in [1.54, 1.807) is 0 Å². The third-order valence-corrected chi connectivity index (χ3v) is 3.26. The van der Waals surface area contributed by atoms with E-state index in [2.05, 4.69) is 43.6 Å². The lowest BCUT2D eigenvalue weighted by Gasteiger charge is -2.19. The van der Waals surface area contributed by atoms with Gasteiger partial charge >= 0.3 is 0 Å². The van der Waals surface area contributed by atoms with E-state index in [4.69, 9.17) is 4.84 Å². The first-order valence-electron chi connectivity index (χ1n) is 6.72. The standard InChI is InChI=1S/C15H23NO/c1-12(2)11-17-16-15-10-6-4-8-13-7-3-5-9-14(13)15/h3,5,7,9,12,15-16H,4,6,8,10-11H2,1-2H3. The molecule has 2 heteroatoms. The van der Waals surface area contributed by atoms with Crippen molar-refractivity contribution in [3.8, 4) is 0 Å². The molecule has 1 atom stereocenters. The minimum Gasteiger partial charge on any atom is -0.301 e. The van der Waals surface area contributed by atoms with Gasteiger partial charge in [-0.3, -0.25) is 0 Å². The van der Waals surface area contributed by atoms with Crippen LogP contribution in [0.4, 0.5) is 0 Å². The maximum atomic E-state index is 5.60. The summed E-state index contributed by atoms with van der Waals surface area (Å²) in [5.41, 5.74) is 6.16. The highest BCUT2D eigenvalue weighted by atomic mass is 16.6. The van der Waals surface area contributed by atoms with Gasteiger partial charge < -0.3 is 4.84 Å². The van der Waals surface area contributed by atoms with E-state index >= 15 is 0 Å². The van der Waals surface area contributed by atoms with Gasteiger partial charge in [-0.15, -0.1) is 0 Å². The number of nitrogens with one attached hydrogen (secondary N) is 1. The van der Waals surface area contributed by atoms with Crippen molar-refractivity contribution in [2.75, 3.05) is 6.61 Å². The third kappa shape index (κ3) is 3.55. The van der Waals surface area contributed by atoms with Crippen molar-refractivity contribution in [1.82, 2.24) is 5.48 Å². The Morgan fingerprint density at radius 3 is 2.94 bits per heavy atom. The van der Waals surface area contributed by atoms with Gasteiger partial charge in [-0.2, -0.15) is 5.48 Å². The SMILES string of the molecule is CC(C)CONC1CCCCc2ccccc21. The van der Waals surface area contributed by atoms with E-state index in [1.807, 2.05) is 0 Å². The second-order valence-electron chi connectivity index (χ2n) is 5.32. The maximum absolute atomic E-state index is 5.60. The van der Waals surface area contributed by atoms with Crippen LogP contribution >= 0.6 is 0 Å². The lowest BCUT2D eigenvalue weighted by molar-refractivity contribution is -0.00166. The molecule has 0 saturated heterocycles. The summed E-state index contributed by atoms with van der Waals surface area (Å²) < 4.78 is 0. The maximum Gasteiger partial charge on any atom is 0.0705 e. The molecule has 1 aliphatic rings. The lowest BCUT2D eigenvalue weighted by atomic mass is 10.00. The van der Waals surface area contributed by atoms with Crippen LogP contribution in [0, 0.1) is 5.92 Å². The van der Waals surface area contributed by atoms with Gasteiger partial charge in [0.15, 0.2) is 0 Å². The van der Waals surface area contributed by atoms with Gasteiger partial charge in [0, 0.05) is 0 Å². The van der Waals surface area contributed by atoms with Crippen molar-refractivity contribution >= 4 is 0 Å². The number of fused-ring (bicyclic) bond motifs is 1. The monoisotopic (exact) mass is 233 g/mol. The second kappa shape index (κ2) is 6.18. The minimum atomic E-state index is 0.368. The number of hydrogen-bond donors (Lipinski definition) is 1. The molecule has 17 heavy (non-hydrogen) atoms. The zero-order valence-corrected chi connectivity index (χ0v) is 10.9. The highest BCUT2D eigenvalue weighted by Crippen LogP contribution is 2.28. The molecule has 0 aliphatic heterocycles. The first kappa shape index (κ1) is 12.6. The number of benzene rings is 1. The molecule has 1 aliphatic carbocycles. The summed E-state index contributed by atoms with van der Waals surface area (Å²) in [6.07, 6.45) is 4.95. The Balaban J connectivity index is 2.01. The van der Waals surface area contributed by atoms with E-state index in [1.165, 1.54) is 36.8 Å². The average Bonchev–Trinajstić information content (AvgIpc) is 2.52. The molecule has 1 aromatic carbocycles. The molecule has 0 amide bonds. The van der Waals surface area contributed by atoms with E-state index in [-0.39, 0.29) is 0 Å². The van der Waals surface area contributed by atoms with Crippen molar-refractivity contribution in [3.05, 3.63) is 35.4 Å². The van der Waals surface area contributed by atoms with Gasteiger partial charge in [-0.1, -0.05) is 44.5 Å². The predicted molar refractivity (Wildman–Crippen MR) is 70.7 cm³/mol. The summed E-state index contributed by atoms with van der Waals surface area (Å²) in [7, 11) is 0. The second-order valence-corrected chi connectivity index (χ2v) is 5.32. The number of rotatable bonds is 4. The fourth-order valence-corrected chi connectivity index (χ4v) is 2.36. The lowest BCUT2D eigenvalue weighted by Crippen LogP contribution is -2.24. The summed E-state index contributed by atoms with van der Waals surface area (Å²) in [4.78, 5) is 5.60. The molecule has 1 N–H and O–H groups in total. The average molecular weight is 233 g/mol. The third-order valence-electron chi connectivity index (χ3n) is 3.26. The van der Waals surface area contributed by atoms with Crippen molar-refractivity contribution in [3.63, 3.8) is 0 Å². The summed E-state index contributed by atoms with van der Waals surface area (Å²) in [6.45, 7) is 5.12. The Hall–Kier alpha value is -0.860. The molecule has 94 valence electrons. The summed E-state index contributed by atoms with van der Waals surface area (Å²) in [5.74, 6) is 0.573. The molecule has 0 radical (unpaired) electrons. The van der Waals surface area contributed by atoms with Gasteiger partial charge in [-0.05, 0) is 36.3 Å². The molecule has 0 bridgehead atoms. The van der Waals surface area contributed by atoms with Crippen LogP contribution in [0.15, 0.2) is 24.3 Å². The molecule has 0 saturated carbocycles. The Kier molecular flexibility index (Phi) is 4.57. The number of aryl methyl sites for hydroxylation is 1. The molecular weight excluding hydrogens is 210 g/mol. The Morgan fingerprint density at radius 2 is 2.12 bits per heavy atom. The predicted octanol–water partition coefficient (Wildman–Crippen LogP) is 3.63. The van der Waals surface area contributed by atoms with Crippen LogP contribution in [-0.4, -0.2) is 6.61 Å². The van der Waals surface area contributed by atoms with Gasteiger partial charge in [0.25, 0.3) is 0 Å². The zero-order valence-electron chi connectivity index (χ0n) is 10.9. The van der Waals surface area contributed by atoms with Crippen molar-refractivity contribution in [2.45, 2.75) is 45.6 Å². The van der Waals surface area contributed by atoms with Gasteiger partial charge in [-0.25, -0.2) is 0 Å². The van der Waals surface area contributed by atoms with Crippen LogP contribution in [-0.2, 0) is 11.3 Å². The molecule has 1 unspecified atom stereocenters. The van der Waals surface area contributed by atoms with E-state index in [0.29, 0.717) is 12.0 Å². The van der Waals surface area contributed by atoms with Crippen molar-refractivity contribution in [2.24, 2.45) is 5.92 Å². The summed E-state index contributed by atoms with van der Waals surface area (Å²) >= 11 is 0. The molecular formula is C15H23NO. The number of hydroxylamine groups is 1. The largest absolute Gasteiger partial charge is 0.301 e. The van der Waals surface area contributed by atoms with E-state index in [9.17, 15) is 0 Å². The molecule has 0 heterocycles. The summed E-state index contributed by atoms with van der Waals surface area (Å²) in [5, 5.41) is 0. The normalized spacial score (nSPS) is 20.1. The smallest absolute Gasteiger partial charge is 0.0705 e. The summed E-state index contributed by atoms with van der Waals surface area (Å²) in [6, 6.07) is 9.11. The van der Waals surface area contributed by atoms with Gasteiger partial charge in [0.05, 0.1) is 12.6 Å². The van der Waals surface area contributed by atoms with Gasteiger partial charge in [0.2, 0.25) is 0 Å². The van der Waals surface area contributed by atoms with Crippen LogP contribution in [0.25, 0.3) is 0 Å². The molecule has 0 aromatic heterocycles. The topological polar surface area (TPSA) is 21.3 Å². The number of hydrogen-bond acceptors (Lipinski definition) is 2. The fourth-order valence-electron chi connectivity index (χ4n) is 2.36. The van der Waals surface area contributed by atoms with Crippen LogP contribution in [0.3, 0.4) is 0 Å². The Bertz CT molecular complexity index is 349. The van der Waals surface area contributed by atoms with Gasteiger partial charge in [0.1, 0.15) is 0 Å². The minimum absolute atomic E-state index is 0.368. The highest BCUT2D eigenvalue weighted by Gasteiger charge is 2.18. The first-order chi connectivity index (χ1) is 8.27. The molecule has 1 aromatic rings. The molecule has 0 fully saturated rings.